The maximum atomic E-state index is 5.19. The maximum Gasteiger partial charge on any atom is 0.0849 e. The summed E-state index contributed by atoms with van der Waals surface area (Å²) in [6, 6.07) is 17.6. The smallest absolute Gasteiger partial charge is 0.0849 e. The third kappa shape index (κ3) is 5.12. The largest absolute Gasteiger partial charge is 0.251 e. The predicted molar refractivity (Wildman–Crippen MR) is 145 cm³/mol. The molecule has 0 atom stereocenters. The Bertz CT molecular complexity index is 1080. The van der Waals surface area contributed by atoms with Crippen molar-refractivity contribution in [2.45, 2.75) is 85.5 Å². The second kappa shape index (κ2) is 10.3. The van der Waals surface area contributed by atoms with E-state index in [1.165, 1.54) is 21.8 Å². The van der Waals surface area contributed by atoms with Gasteiger partial charge in [0.1, 0.15) is 0 Å². The topological polar surface area (TPSA) is 25.2 Å². The van der Waals surface area contributed by atoms with Gasteiger partial charge in [0.2, 0.25) is 0 Å². The highest BCUT2D eigenvalue weighted by atomic mass is 31.1. The van der Waals surface area contributed by atoms with Crippen molar-refractivity contribution < 1.29 is 0 Å². The molecule has 0 fully saturated rings. The van der Waals surface area contributed by atoms with Gasteiger partial charge in [-0.05, 0) is 47.3 Å². The average Bonchev–Trinajstić information content (AvgIpc) is 2.72. The second-order valence-electron chi connectivity index (χ2n) is 9.93. The van der Waals surface area contributed by atoms with Crippen molar-refractivity contribution in [3.8, 4) is 0 Å². The highest BCUT2D eigenvalue weighted by Gasteiger charge is 2.22. The van der Waals surface area contributed by atoms with Crippen molar-refractivity contribution in [2.75, 3.05) is 0 Å². The van der Waals surface area contributed by atoms with E-state index < -0.39 is 0 Å². The summed E-state index contributed by atoms with van der Waals surface area (Å²) in [5, 5.41) is 2.64. The van der Waals surface area contributed by atoms with Crippen molar-refractivity contribution in [1.82, 2.24) is 4.98 Å². The predicted octanol–water partition coefficient (Wildman–Crippen LogP) is 8.55. The summed E-state index contributed by atoms with van der Waals surface area (Å²) in [6.45, 7) is 20.5. The summed E-state index contributed by atoms with van der Waals surface area (Å²) in [7, 11) is -0.283. The number of aromatic nitrogens is 1. The first-order chi connectivity index (χ1) is 15.1. The highest BCUT2D eigenvalue weighted by Crippen LogP contribution is 2.46. The fraction of sp³-hybridized carbons (Fsp3) is 0.448. The first-order valence-electron chi connectivity index (χ1n) is 12.0. The SMILES string of the molecule is CC(=Nc1c(C(C)C)cccc1C(C)C)c1ccc2cccc(P(C(C)C)C(C)C)c2n1. The fourth-order valence-corrected chi connectivity index (χ4v) is 7.55. The number of pyridine rings is 1. The Morgan fingerprint density at radius 1 is 0.750 bits per heavy atom. The summed E-state index contributed by atoms with van der Waals surface area (Å²) in [4.78, 5) is 10.4. The van der Waals surface area contributed by atoms with Crippen molar-refractivity contribution in [1.29, 1.82) is 0 Å². The third-order valence-corrected chi connectivity index (χ3v) is 9.23. The molecule has 0 aliphatic rings. The summed E-state index contributed by atoms with van der Waals surface area (Å²) < 4.78 is 0. The van der Waals surface area contributed by atoms with Crippen LogP contribution in [0.5, 0.6) is 0 Å². The van der Waals surface area contributed by atoms with Gasteiger partial charge in [0.15, 0.2) is 0 Å². The first-order valence-corrected chi connectivity index (χ1v) is 13.5. The molecule has 3 heteroatoms. The molecule has 0 N–H and O–H groups in total. The number of hydrogen-bond donors (Lipinski definition) is 0. The van der Waals surface area contributed by atoms with Crippen LogP contribution in [0.1, 0.15) is 91.0 Å². The van der Waals surface area contributed by atoms with Gasteiger partial charge in [0.05, 0.1) is 22.6 Å². The van der Waals surface area contributed by atoms with Gasteiger partial charge < -0.3 is 0 Å². The lowest BCUT2D eigenvalue weighted by molar-refractivity contribution is 0.834. The van der Waals surface area contributed by atoms with Gasteiger partial charge in [-0.25, -0.2) is 4.98 Å². The lowest BCUT2D eigenvalue weighted by Gasteiger charge is -2.27. The summed E-state index contributed by atoms with van der Waals surface area (Å²) in [5.74, 6) is 0.856. The Labute approximate surface area is 196 Å². The van der Waals surface area contributed by atoms with Gasteiger partial charge >= 0.3 is 0 Å². The van der Waals surface area contributed by atoms with E-state index in [0.29, 0.717) is 23.2 Å². The van der Waals surface area contributed by atoms with Crippen LogP contribution < -0.4 is 5.30 Å². The van der Waals surface area contributed by atoms with Gasteiger partial charge in [-0.2, -0.15) is 0 Å². The second-order valence-corrected chi connectivity index (χ2v) is 13.3. The molecule has 3 aromatic rings. The Kier molecular flexibility index (Phi) is 7.88. The van der Waals surface area contributed by atoms with Crippen LogP contribution in [-0.2, 0) is 0 Å². The van der Waals surface area contributed by atoms with E-state index in [-0.39, 0.29) is 7.92 Å². The van der Waals surface area contributed by atoms with E-state index in [9.17, 15) is 0 Å². The third-order valence-electron chi connectivity index (χ3n) is 6.08. The van der Waals surface area contributed by atoms with Crippen molar-refractivity contribution in [3.05, 3.63) is 65.4 Å². The Hall–Kier alpha value is -2.05. The van der Waals surface area contributed by atoms with Gasteiger partial charge in [-0.1, -0.05) is 106 Å². The van der Waals surface area contributed by atoms with E-state index in [0.717, 1.165) is 22.6 Å². The van der Waals surface area contributed by atoms with Gasteiger partial charge in [0.25, 0.3) is 0 Å². The molecule has 0 amide bonds. The van der Waals surface area contributed by atoms with Crippen molar-refractivity contribution >= 4 is 35.5 Å². The average molecular weight is 447 g/mol. The molecule has 0 spiro atoms. The molecule has 0 saturated carbocycles. The summed E-state index contributed by atoms with van der Waals surface area (Å²) >= 11 is 0. The normalized spacial score (nSPS) is 12.9. The molecular formula is C29H39N2P. The number of aliphatic imine (C=N–C) groups is 1. The van der Waals surface area contributed by atoms with Crippen LogP contribution in [0.25, 0.3) is 10.9 Å². The zero-order valence-corrected chi connectivity index (χ0v) is 22.2. The summed E-state index contributed by atoms with van der Waals surface area (Å²) in [5.41, 5.74) is 8.09. The van der Waals surface area contributed by atoms with E-state index in [1.54, 1.807) is 0 Å². The monoisotopic (exact) mass is 446 g/mol. The maximum absolute atomic E-state index is 5.19. The van der Waals surface area contributed by atoms with E-state index in [4.69, 9.17) is 9.98 Å². The molecule has 0 aliphatic carbocycles. The molecule has 0 saturated heterocycles. The Balaban J connectivity index is 2.18. The zero-order chi connectivity index (χ0) is 23.6. The first kappa shape index (κ1) is 24.6. The van der Waals surface area contributed by atoms with Crippen LogP contribution in [0, 0.1) is 0 Å². The molecule has 2 aromatic carbocycles. The van der Waals surface area contributed by atoms with Gasteiger partial charge in [-0.15, -0.1) is 0 Å². The van der Waals surface area contributed by atoms with E-state index in [1.807, 2.05) is 0 Å². The minimum atomic E-state index is -0.283. The molecule has 0 radical (unpaired) electrons. The fourth-order valence-electron chi connectivity index (χ4n) is 4.56. The quantitative estimate of drug-likeness (QED) is 0.264. The van der Waals surface area contributed by atoms with Crippen LogP contribution >= 0.6 is 7.92 Å². The molecular weight excluding hydrogens is 407 g/mol. The number of rotatable bonds is 7. The Morgan fingerprint density at radius 3 is 1.84 bits per heavy atom. The van der Waals surface area contributed by atoms with Crippen LogP contribution in [0.4, 0.5) is 5.69 Å². The molecule has 0 aliphatic heterocycles. The molecule has 1 aromatic heterocycles. The molecule has 3 rings (SSSR count). The number of fused-ring (bicyclic) bond motifs is 1. The standard InChI is InChI=1S/C29H39N2P/c1-18(2)24-13-11-14-25(19(3)4)29(24)30-22(9)26-17-16-23-12-10-15-27(28(23)31-26)32(20(5)6)21(7)8/h10-21H,1-9H3. The van der Waals surface area contributed by atoms with Crippen LogP contribution in [-0.4, -0.2) is 22.0 Å². The van der Waals surface area contributed by atoms with Gasteiger partial charge in [0, 0.05) is 10.7 Å². The van der Waals surface area contributed by atoms with Crippen LogP contribution in [0.3, 0.4) is 0 Å². The molecule has 32 heavy (non-hydrogen) atoms. The highest BCUT2D eigenvalue weighted by molar-refractivity contribution is 7.67. The van der Waals surface area contributed by atoms with Crippen LogP contribution in [0.15, 0.2) is 53.5 Å². The summed E-state index contributed by atoms with van der Waals surface area (Å²) in [6.07, 6.45) is 0. The lowest BCUT2D eigenvalue weighted by atomic mass is 9.93. The minimum absolute atomic E-state index is 0.283. The lowest BCUT2D eigenvalue weighted by Crippen LogP contribution is -2.17. The molecule has 0 unspecified atom stereocenters. The van der Waals surface area contributed by atoms with Crippen molar-refractivity contribution in [3.63, 3.8) is 0 Å². The Morgan fingerprint density at radius 2 is 1.31 bits per heavy atom. The number of hydrogen-bond acceptors (Lipinski definition) is 2. The molecule has 1 heterocycles. The molecule has 2 nitrogen and oxygen atoms in total. The number of benzene rings is 2. The molecule has 170 valence electrons. The van der Waals surface area contributed by atoms with Gasteiger partial charge in [-0.3, -0.25) is 4.99 Å². The minimum Gasteiger partial charge on any atom is -0.251 e. The van der Waals surface area contributed by atoms with E-state index >= 15 is 0 Å². The number of para-hydroxylation sites is 2. The number of nitrogens with zero attached hydrogens (tertiary/aromatic N) is 2. The zero-order valence-electron chi connectivity index (χ0n) is 21.3. The van der Waals surface area contributed by atoms with E-state index in [2.05, 4.69) is 111 Å². The van der Waals surface area contributed by atoms with Crippen molar-refractivity contribution in [2.24, 2.45) is 4.99 Å². The molecule has 0 bridgehead atoms. The van der Waals surface area contributed by atoms with Crippen LogP contribution in [0.2, 0.25) is 0 Å².